The monoisotopic (exact) mass is 309 g/mol. The molecule has 1 aromatic carbocycles. The summed E-state index contributed by atoms with van der Waals surface area (Å²) in [5, 5.41) is 2.76. The molecule has 116 valence electrons. The number of benzene rings is 1. The quantitative estimate of drug-likeness (QED) is 0.751. The minimum atomic E-state index is -0.507. The third kappa shape index (κ3) is 3.39. The zero-order valence-corrected chi connectivity index (χ0v) is 12.5. The van der Waals surface area contributed by atoms with Crippen LogP contribution < -0.4 is 10.9 Å². The van der Waals surface area contributed by atoms with Gasteiger partial charge in [-0.2, -0.15) is 0 Å². The zero-order chi connectivity index (χ0) is 16.2. The SMILES string of the molecule is C[C@@H](Cc1cnccn1)NC(=O)c1nc2ccccc2[nH]c1=O. The molecule has 7 heteroatoms. The maximum absolute atomic E-state index is 12.3. The van der Waals surface area contributed by atoms with Crippen LogP contribution in [0.2, 0.25) is 0 Å². The number of para-hydroxylation sites is 2. The molecular formula is C16H15N5O2. The molecule has 0 spiro atoms. The molecule has 2 N–H and O–H groups in total. The van der Waals surface area contributed by atoms with Crippen LogP contribution in [0.15, 0.2) is 47.7 Å². The first-order chi connectivity index (χ1) is 11.1. The van der Waals surface area contributed by atoms with Gasteiger partial charge in [0.05, 0.1) is 16.7 Å². The van der Waals surface area contributed by atoms with Crippen molar-refractivity contribution in [2.45, 2.75) is 19.4 Å². The van der Waals surface area contributed by atoms with Crippen molar-refractivity contribution in [2.75, 3.05) is 0 Å². The third-order valence-electron chi connectivity index (χ3n) is 3.32. The number of hydrogen-bond donors (Lipinski definition) is 2. The molecule has 2 heterocycles. The summed E-state index contributed by atoms with van der Waals surface area (Å²) in [6.07, 6.45) is 5.35. The van der Waals surface area contributed by atoms with Crippen molar-refractivity contribution in [1.29, 1.82) is 0 Å². The Morgan fingerprint density at radius 2 is 2.13 bits per heavy atom. The summed E-state index contributed by atoms with van der Waals surface area (Å²) in [6, 6.07) is 6.87. The molecule has 7 nitrogen and oxygen atoms in total. The fraction of sp³-hybridized carbons (Fsp3) is 0.188. The zero-order valence-electron chi connectivity index (χ0n) is 12.5. The summed E-state index contributed by atoms with van der Waals surface area (Å²) in [6.45, 7) is 1.84. The molecule has 3 aromatic rings. The largest absolute Gasteiger partial charge is 0.348 e. The van der Waals surface area contributed by atoms with Gasteiger partial charge in [-0.3, -0.25) is 19.6 Å². The van der Waals surface area contributed by atoms with E-state index in [4.69, 9.17) is 0 Å². The van der Waals surface area contributed by atoms with Crippen molar-refractivity contribution in [3.8, 4) is 0 Å². The van der Waals surface area contributed by atoms with Gasteiger partial charge in [0.25, 0.3) is 11.5 Å². The Kier molecular flexibility index (Phi) is 4.09. The van der Waals surface area contributed by atoms with Crippen LogP contribution in [0.1, 0.15) is 23.1 Å². The van der Waals surface area contributed by atoms with Crippen LogP contribution in [0.5, 0.6) is 0 Å². The predicted octanol–water partition coefficient (Wildman–Crippen LogP) is 1.07. The Morgan fingerprint density at radius 1 is 1.30 bits per heavy atom. The highest BCUT2D eigenvalue weighted by molar-refractivity contribution is 5.93. The van der Waals surface area contributed by atoms with E-state index in [2.05, 4.69) is 25.3 Å². The van der Waals surface area contributed by atoms with Crippen LogP contribution in [0.3, 0.4) is 0 Å². The molecule has 1 atom stereocenters. The maximum atomic E-state index is 12.3. The fourth-order valence-corrected chi connectivity index (χ4v) is 2.28. The molecule has 0 saturated heterocycles. The molecule has 2 aromatic heterocycles. The summed E-state index contributed by atoms with van der Waals surface area (Å²) < 4.78 is 0. The molecule has 0 unspecified atom stereocenters. The van der Waals surface area contributed by atoms with Crippen LogP contribution in [0.25, 0.3) is 11.0 Å². The smallest absolute Gasteiger partial charge is 0.280 e. The van der Waals surface area contributed by atoms with E-state index in [1.165, 1.54) is 0 Å². The van der Waals surface area contributed by atoms with Gasteiger partial charge in [-0.15, -0.1) is 0 Å². The third-order valence-corrected chi connectivity index (χ3v) is 3.32. The molecule has 0 saturated carbocycles. The van der Waals surface area contributed by atoms with Gasteiger partial charge in [0.1, 0.15) is 0 Å². The lowest BCUT2D eigenvalue weighted by atomic mass is 10.2. The van der Waals surface area contributed by atoms with E-state index in [-0.39, 0.29) is 11.7 Å². The molecule has 3 rings (SSSR count). The first-order valence-corrected chi connectivity index (χ1v) is 7.18. The van der Waals surface area contributed by atoms with E-state index in [0.29, 0.717) is 17.5 Å². The molecule has 0 aliphatic heterocycles. The van der Waals surface area contributed by atoms with Crippen molar-refractivity contribution in [1.82, 2.24) is 25.3 Å². The van der Waals surface area contributed by atoms with Crippen LogP contribution in [0.4, 0.5) is 0 Å². The Morgan fingerprint density at radius 3 is 2.91 bits per heavy atom. The van der Waals surface area contributed by atoms with Crippen LogP contribution >= 0.6 is 0 Å². The van der Waals surface area contributed by atoms with Crippen molar-refractivity contribution < 1.29 is 4.79 Å². The van der Waals surface area contributed by atoms with Crippen molar-refractivity contribution in [3.05, 3.63) is 64.6 Å². The molecule has 0 aliphatic rings. The molecule has 0 radical (unpaired) electrons. The van der Waals surface area contributed by atoms with Crippen molar-refractivity contribution >= 4 is 16.9 Å². The molecule has 23 heavy (non-hydrogen) atoms. The number of nitrogens with one attached hydrogen (secondary N) is 2. The number of H-pyrrole nitrogens is 1. The Labute approximate surface area is 131 Å². The number of amides is 1. The average Bonchev–Trinajstić information content (AvgIpc) is 2.55. The molecular weight excluding hydrogens is 294 g/mol. The Bertz CT molecular complexity index is 892. The van der Waals surface area contributed by atoms with Gasteiger partial charge in [-0.25, -0.2) is 4.98 Å². The summed E-state index contributed by atoms with van der Waals surface area (Å²) in [4.78, 5) is 39.2. The lowest BCUT2D eigenvalue weighted by Gasteiger charge is -2.12. The highest BCUT2D eigenvalue weighted by Crippen LogP contribution is 2.06. The molecule has 0 bridgehead atoms. The molecule has 1 amide bonds. The van der Waals surface area contributed by atoms with E-state index in [9.17, 15) is 9.59 Å². The summed E-state index contributed by atoms with van der Waals surface area (Å²) >= 11 is 0. The van der Waals surface area contributed by atoms with E-state index >= 15 is 0 Å². The topological polar surface area (TPSA) is 101 Å². The maximum Gasteiger partial charge on any atom is 0.280 e. The second-order valence-corrected chi connectivity index (χ2v) is 5.21. The minimum Gasteiger partial charge on any atom is -0.348 e. The minimum absolute atomic E-state index is 0.144. The number of rotatable bonds is 4. The second kappa shape index (κ2) is 6.35. The predicted molar refractivity (Wildman–Crippen MR) is 85.0 cm³/mol. The number of hydrogen-bond acceptors (Lipinski definition) is 5. The number of carbonyl (C=O) groups is 1. The van der Waals surface area contributed by atoms with Crippen LogP contribution in [0, 0.1) is 0 Å². The molecule has 0 aliphatic carbocycles. The normalized spacial score (nSPS) is 12.0. The summed E-state index contributed by atoms with van der Waals surface area (Å²) in [7, 11) is 0. The Balaban J connectivity index is 1.78. The highest BCUT2D eigenvalue weighted by Gasteiger charge is 2.16. The highest BCUT2D eigenvalue weighted by atomic mass is 16.2. The summed E-state index contributed by atoms with van der Waals surface area (Å²) in [5.41, 5.74) is 1.28. The Hall–Kier alpha value is -3.09. The standard InChI is InChI=1S/C16H15N5O2/c1-10(8-11-9-17-6-7-18-11)19-15(22)14-16(23)21-13-5-3-2-4-12(13)20-14/h2-7,9-10H,8H2,1H3,(H,19,22)(H,21,23)/t10-/m0/s1. The number of nitrogens with zero attached hydrogens (tertiary/aromatic N) is 3. The van der Waals surface area contributed by atoms with Gasteiger partial charge in [-0.05, 0) is 19.1 Å². The fourth-order valence-electron chi connectivity index (χ4n) is 2.28. The van der Waals surface area contributed by atoms with Crippen molar-refractivity contribution in [2.24, 2.45) is 0 Å². The van der Waals surface area contributed by atoms with Crippen LogP contribution in [-0.4, -0.2) is 31.9 Å². The van der Waals surface area contributed by atoms with Gasteiger partial charge in [0.15, 0.2) is 5.69 Å². The number of carbonyl (C=O) groups excluding carboxylic acids is 1. The van der Waals surface area contributed by atoms with Gasteiger partial charge < -0.3 is 10.3 Å². The summed E-state index contributed by atoms with van der Waals surface area (Å²) in [5.74, 6) is -0.506. The lowest BCUT2D eigenvalue weighted by Crippen LogP contribution is -2.38. The van der Waals surface area contributed by atoms with E-state index in [1.807, 2.05) is 6.92 Å². The van der Waals surface area contributed by atoms with E-state index in [0.717, 1.165) is 5.69 Å². The van der Waals surface area contributed by atoms with Gasteiger partial charge in [0.2, 0.25) is 0 Å². The lowest BCUT2D eigenvalue weighted by molar-refractivity contribution is 0.0933. The van der Waals surface area contributed by atoms with Gasteiger partial charge in [0, 0.05) is 31.1 Å². The van der Waals surface area contributed by atoms with Gasteiger partial charge in [-0.1, -0.05) is 12.1 Å². The van der Waals surface area contributed by atoms with Gasteiger partial charge >= 0.3 is 0 Å². The number of fused-ring (bicyclic) bond motifs is 1. The number of aromatic amines is 1. The number of aromatic nitrogens is 4. The van der Waals surface area contributed by atoms with E-state index in [1.54, 1.807) is 42.9 Å². The van der Waals surface area contributed by atoms with Crippen molar-refractivity contribution in [3.63, 3.8) is 0 Å². The second-order valence-electron chi connectivity index (χ2n) is 5.21. The van der Waals surface area contributed by atoms with E-state index < -0.39 is 11.5 Å². The first-order valence-electron chi connectivity index (χ1n) is 7.18. The average molecular weight is 309 g/mol. The molecule has 0 fully saturated rings. The van der Waals surface area contributed by atoms with Crippen LogP contribution in [-0.2, 0) is 6.42 Å². The first kappa shape index (κ1) is 14.8.